The molecule has 2 rings (SSSR count). The maximum atomic E-state index is 12.3. The van der Waals surface area contributed by atoms with Crippen molar-refractivity contribution < 1.29 is 19.4 Å². The van der Waals surface area contributed by atoms with Crippen molar-refractivity contribution >= 4 is 11.9 Å². The third-order valence-electron chi connectivity index (χ3n) is 2.88. The van der Waals surface area contributed by atoms with Crippen LogP contribution in [0, 0.1) is 0 Å². The molecule has 1 N–H and O–H groups in total. The van der Waals surface area contributed by atoms with Crippen LogP contribution in [0.25, 0.3) is 5.69 Å². The highest BCUT2D eigenvalue weighted by Gasteiger charge is 2.22. The molecule has 0 bridgehead atoms. The number of benzene rings is 1. The summed E-state index contributed by atoms with van der Waals surface area (Å²) >= 11 is 0. The Kier molecular flexibility index (Phi) is 5.21. The number of hydrogen-bond donors (Lipinski definition) is 1. The van der Waals surface area contributed by atoms with Crippen molar-refractivity contribution in [2.45, 2.75) is 0 Å². The predicted octanol–water partition coefficient (Wildman–Crippen LogP) is 0.440. The second-order valence-corrected chi connectivity index (χ2v) is 4.46. The molecule has 8 nitrogen and oxygen atoms in total. The smallest absolute Gasteiger partial charge is 0.323 e. The number of para-hydroxylation sites is 1. The van der Waals surface area contributed by atoms with Crippen LogP contribution in [0.2, 0.25) is 0 Å². The summed E-state index contributed by atoms with van der Waals surface area (Å²) in [6.45, 7) is -0.0397. The molecule has 116 valence electrons. The molecule has 0 aliphatic carbocycles. The predicted molar refractivity (Wildman–Crippen MR) is 76.8 cm³/mol. The van der Waals surface area contributed by atoms with Crippen LogP contribution >= 0.6 is 0 Å². The lowest BCUT2D eigenvalue weighted by Crippen LogP contribution is -2.38. The molecule has 1 amide bonds. The third-order valence-corrected chi connectivity index (χ3v) is 2.88. The number of aliphatic carboxylic acids is 1. The first kappa shape index (κ1) is 15.6. The summed E-state index contributed by atoms with van der Waals surface area (Å²) in [5.41, 5.74) is 0.760. The van der Waals surface area contributed by atoms with Crippen molar-refractivity contribution in [3.8, 4) is 5.69 Å². The molecule has 0 fully saturated rings. The van der Waals surface area contributed by atoms with Gasteiger partial charge in [-0.1, -0.05) is 18.2 Å². The molecule has 0 saturated carbocycles. The fourth-order valence-corrected chi connectivity index (χ4v) is 1.82. The van der Waals surface area contributed by atoms with E-state index in [0.29, 0.717) is 0 Å². The van der Waals surface area contributed by atoms with Gasteiger partial charge in [0.15, 0.2) is 0 Å². The van der Waals surface area contributed by atoms with Crippen molar-refractivity contribution in [3.05, 3.63) is 42.5 Å². The van der Waals surface area contributed by atoms with Crippen LogP contribution in [-0.2, 0) is 9.53 Å². The summed E-state index contributed by atoms with van der Waals surface area (Å²) in [7, 11) is 1.48. The number of nitrogens with zero attached hydrogens (tertiary/aromatic N) is 4. The van der Waals surface area contributed by atoms with E-state index in [1.807, 2.05) is 30.3 Å². The zero-order valence-corrected chi connectivity index (χ0v) is 12.0. The van der Waals surface area contributed by atoms with Gasteiger partial charge in [0.2, 0.25) is 5.82 Å². The number of aromatic nitrogens is 3. The highest BCUT2D eigenvalue weighted by molar-refractivity contribution is 5.92. The van der Waals surface area contributed by atoms with Gasteiger partial charge in [-0.3, -0.25) is 9.59 Å². The SMILES string of the molecule is COCCN(CC(=O)O)C(=O)c1ncn(-c2ccccc2)n1. The van der Waals surface area contributed by atoms with Crippen LogP contribution in [0.5, 0.6) is 0 Å². The Hall–Kier alpha value is -2.74. The fraction of sp³-hybridized carbons (Fsp3) is 0.286. The van der Waals surface area contributed by atoms with Crippen LogP contribution < -0.4 is 0 Å². The van der Waals surface area contributed by atoms with Crippen molar-refractivity contribution in [1.29, 1.82) is 0 Å². The molecule has 0 aliphatic heterocycles. The summed E-state index contributed by atoms with van der Waals surface area (Å²) in [5.74, 6) is -1.71. The zero-order chi connectivity index (χ0) is 15.9. The normalized spacial score (nSPS) is 10.4. The van der Waals surface area contributed by atoms with Crippen LogP contribution in [0.15, 0.2) is 36.7 Å². The Bertz CT molecular complexity index is 641. The summed E-state index contributed by atoms with van der Waals surface area (Å²) in [5, 5.41) is 13.0. The first-order valence-electron chi connectivity index (χ1n) is 6.59. The molecular formula is C14H16N4O4. The molecule has 0 radical (unpaired) electrons. The molecule has 0 aliphatic rings. The van der Waals surface area contributed by atoms with Gasteiger partial charge in [0.25, 0.3) is 5.91 Å². The van der Waals surface area contributed by atoms with Gasteiger partial charge in [0.1, 0.15) is 12.9 Å². The Morgan fingerprint density at radius 2 is 2.05 bits per heavy atom. The van der Waals surface area contributed by atoms with Gasteiger partial charge in [-0.2, -0.15) is 0 Å². The number of carbonyl (C=O) groups excluding carboxylic acids is 1. The van der Waals surface area contributed by atoms with E-state index in [1.165, 1.54) is 18.1 Å². The lowest BCUT2D eigenvalue weighted by molar-refractivity contribution is -0.137. The summed E-state index contributed by atoms with van der Waals surface area (Å²) in [4.78, 5) is 28.2. The molecule has 1 heterocycles. The minimum atomic E-state index is -1.10. The van der Waals surface area contributed by atoms with E-state index >= 15 is 0 Å². The summed E-state index contributed by atoms with van der Waals surface area (Å²) in [6, 6.07) is 9.19. The van der Waals surface area contributed by atoms with E-state index in [-0.39, 0.29) is 19.0 Å². The van der Waals surface area contributed by atoms with Gasteiger partial charge in [0, 0.05) is 13.7 Å². The number of methoxy groups -OCH3 is 1. The average molecular weight is 304 g/mol. The third kappa shape index (κ3) is 3.89. The quantitative estimate of drug-likeness (QED) is 0.797. The van der Waals surface area contributed by atoms with Crippen LogP contribution in [0.1, 0.15) is 10.6 Å². The Morgan fingerprint density at radius 1 is 1.32 bits per heavy atom. The van der Waals surface area contributed by atoms with Crippen LogP contribution in [0.3, 0.4) is 0 Å². The van der Waals surface area contributed by atoms with Crippen LogP contribution in [0.4, 0.5) is 0 Å². The Balaban J connectivity index is 2.16. The van der Waals surface area contributed by atoms with E-state index in [0.717, 1.165) is 10.6 Å². The van der Waals surface area contributed by atoms with Gasteiger partial charge >= 0.3 is 5.97 Å². The van der Waals surface area contributed by atoms with E-state index in [2.05, 4.69) is 10.1 Å². The van der Waals surface area contributed by atoms with Crippen LogP contribution in [-0.4, -0.2) is 63.5 Å². The standard InChI is InChI=1S/C14H16N4O4/c1-22-8-7-17(9-12(19)20)14(21)13-15-10-18(16-13)11-5-3-2-4-6-11/h2-6,10H,7-9H2,1H3,(H,19,20). The number of hydrogen-bond acceptors (Lipinski definition) is 5. The van der Waals surface area contributed by atoms with E-state index in [4.69, 9.17) is 9.84 Å². The maximum absolute atomic E-state index is 12.3. The molecule has 1 aromatic heterocycles. The van der Waals surface area contributed by atoms with Crippen molar-refractivity contribution in [2.24, 2.45) is 0 Å². The van der Waals surface area contributed by atoms with Crippen molar-refractivity contribution in [1.82, 2.24) is 19.7 Å². The molecule has 22 heavy (non-hydrogen) atoms. The number of carboxylic acid groups (broad SMARTS) is 1. The molecule has 0 saturated heterocycles. The molecule has 1 aromatic carbocycles. The minimum Gasteiger partial charge on any atom is -0.480 e. The molecule has 8 heteroatoms. The average Bonchev–Trinajstić information content (AvgIpc) is 3.01. The highest BCUT2D eigenvalue weighted by atomic mass is 16.5. The lowest BCUT2D eigenvalue weighted by Gasteiger charge is -2.18. The molecular weight excluding hydrogens is 288 g/mol. The maximum Gasteiger partial charge on any atom is 0.323 e. The molecule has 0 unspecified atom stereocenters. The van der Waals surface area contributed by atoms with Gasteiger partial charge in [-0.25, -0.2) is 9.67 Å². The monoisotopic (exact) mass is 304 g/mol. The van der Waals surface area contributed by atoms with Crippen molar-refractivity contribution in [3.63, 3.8) is 0 Å². The first-order chi connectivity index (χ1) is 10.6. The summed E-state index contributed by atoms with van der Waals surface area (Å²) in [6.07, 6.45) is 1.41. The molecule has 0 atom stereocenters. The van der Waals surface area contributed by atoms with Crippen molar-refractivity contribution in [2.75, 3.05) is 26.8 Å². The second kappa shape index (κ2) is 7.32. The van der Waals surface area contributed by atoms with Gasteiger partial charge < -0.3 is 14.7 Å². The first-order valence-corrected chi connectivity index (χ1v) is 6.59. The number of carbonyl (C=O) groups is 2. The molecule has 0 spiro atoms. The van der Waals surface area contributed by atoms with Gasteiger partial charge in [-0.05, 0) is 12.1 Å². The summed E-state index contributed by atoms with van der Waals surface area (Å²) < 4.78 is 6.34. The second-order valence-electron chi connectivity index (χ2n) is 4.46. The fourth-order valence-electron chi connectivity index (χ4n) is 1.82. The van der Waals surface area contributed by atoms with E-state index < -0.39 is 18.4 Å². The largest absolute Gasteiger partial charge is 0.480 e. The molecule has 2 aromatic rings. The number of carboxylic acids is 1. The van der Waals surface area contributed by atoms with E-state index in [9.17, 15) is 9.59 Å². The Morgan fingerprint density at radius 3 is 2.68 bits per heavy atom. The highest BCUT2D eigenvalue weighted by Crippen LogP contribution is 2.06. The minimum absolute atomic E-state index is 0.0544. The topological polar surface area (TPSA) is 97.5 Å². The number of amides is 1. The zero-order valence-electron chi connectivity index (χ0n) is 12.0. The number of rotatable bonds is 7. The lowest BCUT2D eigenvalue weighted by atomic mass is 10.3. The van der Waals surface area contributed by atoms with E-state index in [1.54, 1.807) is 0 Å². The van der Waals surface area contributed by atoms with Gasteiger partial charge in [0.05, 0.1) is 12.3 Å². The Labute approximate surface area is 126 Å². The van der Waals surface area contributed by atoms with Gasteiger partial charge in [-0.15, -0.1) is 5.10 Å². The number of ether oxygens (including phenoxy) is 1.